The minimum atomic E-state index is -0.501. The second-order valence-corrected chi connectivity index (χ2v) is 4.66. The van der Waals surface area contributed by atoms with E-state index < -0.39 is 5.91 Å². The van der Waals surface area contributed by atoms with E-state index in [0.29, 0.717) is 24.3 Å². The van der Waals surface area contributed by atoms with Crippen molar-refractivity contribution in [3.8, 4) is 0 Å². The zero-order valence-corrected chi connectivity index (χ0v) is 12.0. The highest BCUT2D eigenvalue weighted by molar-refractivity contribution is 5.93. The van der Waals surface area contributed by atoms with E-state index in [1.807, 2.05) is 4.90 Å². The monoisotopic (exact) mass is 278 g/mol. The highest BCUT2D eigenvalue weighted by Gasteiger charge is 2.12. The van der Waals surface area contributed by atoms with Gasteiger partial charge in [-0.3, -0.25) is 14.5 Å². The predicted molar refractivity (Wildman–Crippen MR) is 79.0 cm³/mol. The maximum absolute atomic E-state index is 11.5. The Labute approximate surface area is 119 Å². The van der Waals surface area contributed by atoms with Gasteiger partial charge in [0.25, 0.3) is 0 Å². The molecule has 1 aromatic rings. The SMILES string of the molecule is CCCN(CC(=O)NC)Cc1ccc(C(N)=O)cc1N. The number of hydrogen-bond acceptors (Lipinski definition) is 4. The Morgan fingerprint density at radius 1 is 1.35 bits per heavy atom. The smallest absolute Gasteiger partial charge is 0.248 e. The molecule has 0 spiro atoms. The first-order valence-corrected chi connectivity index (χ1v) is 6.59. The maximum Gasteiger partial charge on any atom is 0.248 e. The molecule has 2 amide bonds. The number of nitrogen functional groups attached to an aromatic ring is 1. The first-order chi connectivity index (χ1) is 9.47. The van der Waals surface area contributed by atoms with E-state index in [0.717, 1.165) is 18.5 Å². The van der Waals surface area contributed by atoms with Gasteiger partial charge in [0.1, 0.15) is 0 Å². The highest BCUT2D eigenvalue weighted by atomic mass is 16.2. The van der Waals surface area contributed by atoms with Gasteiger partial charge in [0.2, 0.25) is 11.8 Å². The lowest BCUT2D eigenvalue weighted by atomic mass is 10.1. The normalized spacial score (nSPS) is 10.6. The number of primary amides is 1. The fraction of sp³-hybridized carbons (Fsp3) is 0.429. The minimum Gasteiger partial charge on any atom is -0.398 e. The van der Waals surface area contributed by atoms with Crippen LogP contribution in [0.3, 0.4) is 0 Å². The van der Waals surface area contributed by atoms with Crippen molar-refractivity contribution in [2.75, 3.05) is 25.9 Å². The molecule has 0 heterocycles. The molecule has 0 unspecified atom stereocenters. The number of amides is 2. The third-order valence-corrected chi connectivity index (χ3v) is 3.01. The summed E-state index contributed by atoms with van der Waals surface area (Å²) in [5, 5.41) is 2.61. The summed E-state index contributed by atoms with van der Waals surface area (Å²) in [6.07, 6.45) is 0.941. The van der Waals surface area contributed by atoms with E-state index in [2.05, 4.69) is 12.2 Å². The van der Waals surface area contributed by atoms with Crippen LogP contribution in [0.2, 0.25) is 0 Å². The molecule has 110 valence electrons. The average Bonchev–Trinajstić information content (AvgIpc) is 2.40. The van der Waals surface area contributed by atoms with Crippen LogP contribution in [0.5, 0.6) is 0 Å². The summed E-state index contributed by atoms with van der Waals surface area (Å²) in [5.74, 6) is -0.537. The number of nitrogens with one attached hydrogen (secondary N) is 1. The number of anilines is 1. The number of benzene rings is 1. The van der Waals surface area contributed by atoms with Crippen molar-refractivity contribution in [3.05, 3.63) is 29.3 Å². The van der Waals surface area contributed by atoms with Crippen molar-refractivity contribution in [1.29, 1.82) is 0 Å². The molecule has 0 saturated heterocycles. The molecule has 0 fully saturated rings. The van der Waals surface area contributed by atoms with Crippen LogP contribution in [0.4, 0.5) is 5.69 Å². The van der Waals surface area contributed by atoms with Gasteiger partial charge in [-0.05, 0) is 30.7 Å². The number of carbonyl (C=O) groups excluding carboxylic acids is 2. The van der Waals surface area contributed by atoms with Crippen molar-refractivity contribution in [1.82, 2.24) is 10.2 Å². The van der Waals surface area contributed by atoms with Gasteiger partial charge in [-0.2, -0.15) is 0 Å². The lowest BCUT2D eigenvalue weighted by Gasteiger charge is -2.21. The summed E-state index contributed by atoms with van der Waals surface area (Å²) in [7, 11) is 1.61. The molecule has 5 N–H and O–H groups in total. The molecule has 1 aromatic carbocycles. The van der Waals surface area contributed by atoms with E-state index in [4.69, 9.17) is 11.5 Å². The van der Waals surface area contributed by atoms with Crippen LogP contribution in [0, 0.1) is 0 Å². The third kappa shape index (κ3) is 4.55. The van der Waals surface area contributed by atoms with Crippen LogP contribution in [0.15, 0.2) is 18.2 Å². The molecule has 6 nitrogen and oxygen atoms in total. The number of carbonyl (C=O) groups is 2. The van der Waals surface area contributed by atoms with Gasteiger partial charge in [-0.15, -0.1) is 0 Å². The summed E-state index contributed by atoms with van der Waals surface area (Å²) in [5.41, 5.74) is 12.9. The van der Waals surface area contributed by atoms with E-state index >= 15 is 0 Å². The zero-order chi connectivity index (χ0) is 15.1. The number of nitrogens with zero attached hydrogens (tertiary/aromatic N) is 1. The summed E-state index contributed by atoms with van der Waals surface area (Å²) in [6, 6.07) is 5.00. The molecular formula is C14H22N4O2. The van der Waals surface area contributed by atoms with E-state index in [-0.39, 0.29) is 5.91 Å². The zero-order valence-electron chi connectivity index (χ0n) is 12.0. The first-order valence-electron chi connectivity index (χ1n) is 6.59. The first kappa shape index (κ1) is 16.0. The number of nitrogens with two attached hydrogens (primary N) is 2. The van der Waals surface area contributed by atoms with Crippen molar-refractivity contribution in [2.24, 2.45) is 5.73 Å². The minimum absolute atomic E-state index is 0.0363. The molecule has 1 rings (SSSR count). The van der Waals surface area contributed by atoms with Crippen molar-refractivity contribution in [3.63, 3.8) is 0 Å². The van der Waals surface area contributed by atoms with Crippen LogP contribution in [-0.4, -0.2) is 36.9 Å². The van der Waals surface area contributed by atoms with Crippen LogP contribution in [0.25, 0.3) is 0 Å². The van der Waals surface area contributed by atoms with E-state index in [9.17, 15) is 9.59 Å². The van der Waals surface area contributed by atoms with Crippen molar-refractivity contribution < 1.29 is 9.59 Å². The van der Waals surface area contributed by atoms with Crippen LogP contribution >= 0.6 is 0 Å². The van der Waals surface area contributed by atoms with Crippen molar-refractivity contribution >= 4 is 17.5 Å². The molecule has 0 atom stereocenters. The van der Waals surface area contributed by atoms with Gasteiger partial charge in [0.15, 0.2) is 0 Å². The van der Waals surface area contributed by atoms with E-state index in [1.165, 1.54) is 0 Å². The molecule has 20 heavy (non-hydrogen) atoms. The molecule has 0 saturated carbocycles. The van der Waals surface area contributed by atoms with Gasteiger partial charge in [0, 0.05) is 24.8 Å². The summed E-state index contributed by atoms with van der Waals surface area (Å²) < 4.78 is 0. The standard InChI is InChI=1S/C14H22N4O2/c1-3-6-18(9-13(19)17-2)8-11-5-4-10(14(16)20)7-12(11)15/h4-5,7H,3,6,8-9,15H2,1-2H3,(H2,16,20)(H,17,19). The average molecular weight is 278 g/mol. The fourth-order valence-corrected chi connectivity index (χ4v) is 1.95. The molecule has 0 aliphatic rings. The maximum atomic E-state index is 11.5. The Bertz CT molecular complexity index is 488. The predicted octanol–water partition coefficient (Wildman–Crippen LogP) is 0.326. The number of hydrogen-bond donors (Lipinski definition) is 3. The van der Waals surface area contributed by atoms with Crippen LogP contribution in [-0.2, 0) is 11.3 Å². The summed E-state index contributed by atoms with van der Waals surface area (Å²) >= 11 is 0. The topological polar surface area (TPSA) is 101 Å². The van der Waals surface area contributed by atoms with Gasteiger partial charge in [-0.1, -0.05) is 13.0 Å². The second kappa shape index (κ2) is 7.49. The van der Waals surface area contributed by atoms with Gasteiger partial charge in [0.05, 0.1) is 6.54 Å². The molecular weight excluding hydrogens is 256 g/mol. The summed E-state index contributed by atoms with van der Waals surface area (Å²) in [6.45, 7) is 3.73. The molecule has 0 bridgehead atoms. The van der Waals surface area contributed by atoms with Crippen LogP contribution in [0.1, 0.15) is 29.3 Å². The Hall–Kier alpha value is -2.08. The highest BCUT2D eigenvalue weighted by Crippen LogP contribution is 2.16. The van der Waals surface area contributed by atoms with E-state index in [1.54, 1.807) is 25.2 Å². The van der Waals surface area contributed by atoms with Crippen LogP contribution < -0.4 is 16.8 Å². The van der Waals surface area contributed by atoms with Gasteiger partial charge in [-0.25, -0.2) is 0 Å². The Morgan fingerprint density at radius 3 is 2.55 bits per heavy atom. The van der Waals surface area contributed by atoms with Gasteiger partial charge < -0.3 is 16.8 Å². The summed E-state index contributed by atoms with van der Waals surface area (Å²) in [4.78, 5) is 24.6. The van der Waals surface area contributed by atoms with Crippen molar-refractivity contribution in [2.45, 2.75) is 19.9 Å². The lowest BCUT2D eigenvalue weighted by Crippen LogP contribution is -2.35. The Kier molecular flexibility index (Phi) is 5.99. The molecule has 6 heteroatoms. The number of likely N-dealkylation sites (N-methyl/N-ethyl adjacent to an activating group) is 1. The molecule has 0 radical (unpaired) electrons. The Balaban J connectivity index is 2.82. The lowest BCUT2D eigenvalue weighted by molar-refractivity contribution is -0.121. The molecule has 0 aliphatic carbocycles. The largest absolute Gasteiger partial charge is 0.398 e. The Morgan fingerprint density at radius 2 is 2.05 bits per heavy atom. The fourth-order valence-electron chi connectivity index (χ4n) is 1.95. The molecule has 0 aliphatic heterocycles. The third-order valence-electron chi connectivity index (χ3n) is 3.01. The molecule has 0 aromatic heterocycles. The van der Waals surface area contributed by atoms with Gasteiger partial charge >= 0.3 is 0 Å². The second-order valence-electron chi connectivity index (χ2n) is 4.66. The number of rotatable bonds is 7. The quantitative estimate of drug-likeness (QED) is 0.625.